The summed E-state index contributed by atoms with van der Waals surface area (Å²) in [6, 6.07) is 13.4. The molecule has 1 unspecified atom stereocenters. The average molecular weight is 336 g/mol. The van der Waals surface area contributed by atoms with Crippen LogP contribution >= 0.6 is 0 Å². The number of nitrogens with zero attached hydrogens (tertiary/aromatic N) is 1. The molecule has 3 amide bonds. The standard InChI is InChI=1S/C19H16N2O4/c22-17(16-6-3-11-25-16)20-12-7-9-13(10-8-12)21-18(23)14-4-1-2-5-15(14)19(21)24/h1-2,4-5,7-10,16H,3,6,11H2,(H,20,22). The van der Waals surface area contributed by atoms with E-state index in [1.165, 1.54) is 0 Å². The lowest BCUT2D eigenvalue weighted by Crippen LogP contribution is -2.29. The second-order valence-electron chi connectivity index (χ2n) is 6.03. The minimum absolute atomic E-state index is 0.175. The molecule has 1 fully saturated rings. The van der Waals surface area contributed by atoms with Gasteiger partial charge in [0.15, 0.2) is 0 Å². The van der Waals surface area contributed by atoms with Crippen molar-refractivity contribution in [3.8, 4) is 0 Å². The number of benzene rings is 2. The Bertz CT molecular complexity index is 819. The van der Waals surface area contributed by atoms with Crippen molar-refractivity contribution in [3.05, 3.63) is 59.7 Å². The van der Waals surface area contributed by atoms with E-state index in [2.05, 4.69) is 5.32 Å². The van der Waals surface area contributed by atoms with Crippen LogP contribution in [0.4, 0.5) is 11.4 Å². The van der Waals surface area contributed by atoms with Crippen molar-refractivity contribution < 1.29 is 19.1 Å². The van der Waals surface area contributed by atoms with Crippen LogP contribution in [0.1, 0.15) is 33.6 Å². The van der Waals surface area contributed by atoms with Gasteiger partial charge in [0.1, 0.15) is 6.10 Å². The zero-order valence-electron chi connectivity index (χ0n) is 13.4. The van der Waals surface area contributed by atoms with Crippen LogP contribution in [0, 0.1) is 0 Å². The van der Waals surface area contributed by atoms with Gasteiger partial charge in [0.25, 0.3) is 17.7 Å². The Balaban J connectivity index is 1.52. The first kappa shape index (κ1) is 15.5. The van der Waals surface area contributed by atoms with Gasteiger partial charge in [-0.2, -0.15) is 0 Å². The quantitative estimate of drug-likeness (QED) is 0.874. The number of hydrogen-bond donors (Lipinski definition) is 1. The van der Waals surface area contributed by atoms with Crippen molar-refractivity contribution in [2.24, 2.45) is 0 Å². The van der Waals surface area contributed by atoms with Crippen LogP contribution in [0.15, 0.2) is 48.5 Å². The predicted molar refractivity (Wildman–Crippen MR) is 91.6 cm³/mol. The van der Waals surface area contributed by atoms with Crippen LogP contribution in [-0.2, 0) is 9.53 Å². The van der Waals surface area contributed by atoms with E-state index in [-0.39, 0.29) is 17.7 Å². The van der Waals surface area contributed by atoms with Crippen molar-refractivity contribution in [2.75, 3.05) is 16.8 Å². The molecule has 1 saturated heterocycles. The molecule has 0 saturated carbocycles. The Morgan fingerprint density at radius 1 is 1.00 bits per heavy atom. The third-order valence-electron chi connectivity index (χ3n) is 4.41. The van der Waals surface area contributed by atoms with Gasteiger partial charge in [0.2, 0.25) is 0 Å². The molecule has 0 aromatic heterocycles. The summed E-state index contributed by atoms with van der Waals surface area (Å²) < 4.78 is 5.35. The highest BCUT2D eigenvalue weighted by Gasteiger charge is 2.36. The summed E-state index contributed by atoms with van der Waals surface area (Å²) in [7, 11) is 0. The van der Waals surface area contributed by atoms with Gasteiger partial charge in [0.05, 0.1) is 16.8 Å². The smallest absolute Gasteiger partial charge is 0.266 e. The van der Waals surface area contributed by atoms with E-state index in [0.29, 0.717) is 29.1 Å². The van der Waals surface area contributed by atoms with E-state index in [4.69, 9.17) is 4.74 Å². The zero-order valence-corrected chi connectivity index (χ0v) is 13.4. The lowest BCUT2D eigenvalue weighted by molar-refractivity contribution is -0.124. The van der Waals surface area contributed by atoms with E-state index in [0.717, 1.165) is 17.7 Å². The number of imide groups is 1. The van der Waals surface area contributed by atoms with Gasteiger partial charge in [0, 0.05) is 12.3 Å². The van der Waals surface area contributed by atoms with Gasteiger partial charge in [-0.15, -0.1) is 0 Å². The van der Waals surface area contributed by atoms with Gasteiger partial charge in [-0.05, 0) is 49.2 Å². The molecule has 25 heavy (non-hydrogen) atoms. The molecule has 0 radical (unpaired) electrons. The fourth-order valence-corrected chi connectivity index (χ4v) is 3.12. The molecule has 126 valence electrons. The first-order chi connectivity index (χ1) is 12.1. The molecule has 1 atom stereocenters. The van der Waals surface area contributed by atoms with E-state index in [1.54, 1.807) is 48.5 Å². The van der Waals surface area contributed by atoms with Crippen molar-refractivity contribution >= 4 is 29.1 Å². The monoisotopic (exact) mass is 336 g/mol. The second-order valence-corrected chi connectivity index (χ2v) is 6.03. The van der Waals surface area contributed by atoms with Crippen LogP contribution in [-0.4, -0.2) is 30.4 Å². The number of rotatable bonds is 3. The van der Waals surface area contributed by atoms with Crippen molar-refractivity contribution in [1.82, 2.24) is 0 Å². The number of amides is 3. The second kappa shape index (κ2) is 6.14. The minimum Gasteiger partial charge on any atom is -0.368 e. The van der Waals surface area contributed by atoms with Gasteiger partial charge in [-0.1, -0.05) is 12.1 Å². The number of carbonyl (C=O) groups is 3. The van der Waals surface area contributed by atoms with Gasteiger partial charge in [-0.25, -0.2) is 4.90 Å². The minimum atomic E-state index is -0.407. The fraction of sp³-hybridized carbons (Fsp3) is 0.211. The van der Waals surface area contributed by atoms with Crippen LogP contribution in [0.3, 0.4) is 0 Å². The summed E-state index contributed by atoms with van der Waals surface area (Å²) >= 11 is 0. The fourth-order valence-electron chi connectivity index (χ4n) is 3.12. The normalized spacial score (nSPS) is 19.2. The number of hydrogen-bond acceptors (Lipinski definition) is 4. The molecule has 2 aliphatic heterocycles. The first-order valence-corrected chi connectivity index (χ1v) is 8.15. The Labute approximate surface area is 144 Å². The number of ether oxygens (including phenoxy) is 1. The summed E-state index contributed by atoms with van der Waals surface area (Å²) in [5.74, 6) is -0.848. The zero-order chi connectivity index (χ0) is 17.4. The SMILES string of the molecule is O=C(Nc1ccc(N2C(=O)c3ccccc3C2=O)cc1)C1CCCO1. The first-order valence-electron chi connectivity index (χ1n) is 8.15. The summed E-state index contributed by atoms with van der Waals surface area (Å²) in [5.41, 5.74) is 1.88. The highest BCUT2D eigenvalue weighted by molar-refractivity contribution is 6.34. The maximum Gasteiger partial charge on any atom is 0.266 e. The molecular weight excluding hydrogens is 320 g/mol. The van der Waals surface area contributed by atoms with E-state index < -0.39 is 6.10 Å². The van der Waals surface area contributed by atoms with Crippen molar-refractivity contribution in [3.63, 3.8) is 0 Å². The van der Waals surface area contributed by atoms with Crippen LogP contribution < -0.4 is 10.2 Å². The Kier molecular flexibility index (Phi) is 3.82. The van der Waals surface area contributed by atoms with Crippen molar-refractivity contribution in [2.45, 2.75) is 18.9 Å². The maximum absolute atomic E-state index is 12.5. The summed E-state index contributed by atoms with van der Waals surface area (Å²) in [4.78, 5) is 38.1. The van der Waals surface area contributed by atoms with Gasteiger partial charge < -0.3 is 10.1 Å². The van der Waals surface area contributed by atoms with Crippen molar-refractivity contribution in [1.29, 1.82) is 0 Å². The molecule has 0 bridgehead atoms. The lowest BCUT2D eigenvalue weighted by Gasteiger charge is -2.15. The molecule has 1 N–H and O–H groups in total. The van der Waals surface area contributed by atoms with E-state index >= 15 is 0 Å². The lowest BCUT2D eigenvalue weighted by atomic mass is 10.1. The highest BCUT2D eigenvalue weighted by Crippen LogP contribution is 2.29. The maximum atomic E-state index is 12.5. The van der Waals surface area contributed by atoms with Gasteiger partial charge in [-0.3, -0.25) is 14.4 Å². The van der Waals surface area contributed by atoms with E-state index in [1.807, 2.05) is 0 Å². The van der Waals surface area contributed by atoms with Crippen LogP contribution in [0.5, 0.6) is 0 Å². The molecule has 2 aliphatic rings. The number of fused-ring (bicyclic) bond motifs is 1. The Morgan fingerprint density at radius 2 is 1.64 bits per heavy atom. The topological polar surface area (TPSA) is 75.7 Å². The highest BCUT2D eigenvalue weighted by atomic mass is 16.5. The summed E-state index contributed by atoms with van der Waals surface area (Å²) in [5, 5.41) is 2.79. The molecule has 6 nitrogen and oxygen atoms in total. The number of carbonyl (C=O) groups excluding carboxylic acids is 3. The predicted octanol–water partition coefficient (Wildman–Crippen LogP) is 2.60. The molecule has 0 aliphatic carbocycles. The Hall–Kier alpha value is -2.99. The Morgan fingerprint density at radius 3 is 2.20 bits per heavy atom. The number of nitrogens with one attached hydrogen (secondary N) is 1. The molecule has 0 spiro atoms. The third kappa shape index (κ3) is 2.70. The molecule has 2 aromatic carbocycles. The van der Waals surface area contributed by atoms with Crippen LogP contribution in [0.25, 0.3) is 0 Å². The molecule has 6 heteroatoms. The molecular formula is C19H16N2O4. The van der Waals surface area contributed by atoms with Gasteiger partial charge >= 0.3 is 0 Å². The average Bonchev–Trinajstić information content (AvgIpc) is 3.25. The van der Waals surface area contributed by atoms with E-state index in [9.17, 15) is 14.4 Å². The largest absolute Gasteiger partial charge is 0.368 e. The molecule has 2 heterocycles. The third-order valence-corrected chi connectivity index (χ3v) is 4.41. The number of anilines is 2. The summed E-state index contributed by atoms with van der Waals surface area (Å²) in [6.07, 6.45) is 1.20. The molecule has 4 rings (SSSR count). The summed E-state index contributed by atoms with van der Waals surface area (Å²) in [6.45, 7) is 0.608. The van der Waals surface area contributed by atoms with Crippen LogP contribution in [0.2, 0.25) is 0 Å². The molecule has 2 aromatic rings.